The number of aryl methyl sites for hydroxylation is 1. The Balaban J connectivity index is 1.80. The van der Waals surface area contributed by atoms with Crippen LogP contribution in [0, 0.1) is 5.92 Å². The van der Waals surface area contributed by atoms with Crippen LogP contribution in [-0.2, 0) is 16.0 Å². The molecule has 5 nitrogen and oxygen atoms in total. The van der Waals surface area contributed by atoms with E-state index in [1.807, 2.05) is 24.3 Å². The molecular formula is C19H27NO4. The van der Waals surface area contributed by atoms with Gasteiger partial charge in [0, 0.05) is 12.5 Å². The summed E-state index contributed by atoms with van der Waals surface area (Å²) >= 11 is 0. The zero-order valence-corrected chi connectivity index (χ0v) is 14.5. The Bertz CT molecular complexity index is 566. The van der Waals surface area contributed by atoms with Crippen molar-refractivity contribution in [2.75, 3.05) is 0 Å². The van der Waals surface area contributed by atoms with E-state index in [9.17, 15) is 9.59 Å². The molecule has 1 aromatic carbocycles. The Hall–Kier alpha value is -2.04. The molecule has 0 radical (unpaired) electrons. The SMILES string of the molecule is CC(NC(=O)CCc1cccc(OC2CCCC2)c1)C(C)C(=O)O. The number of rotatable bonds is 8. The summed E-state index contributed by atoms with van der Waals surface area (Å²) in [7, 11) is 0. The summed E-state index contributed by atoms with van der Waals surface area (Å²) in [5.74, 6) is -0.762. The number of benzene rings is 1. The number of carbonyl (C=O) groups is 2. The van der Waals surface area contributed by atoms with Gasteiger partial charge >= 0.3 is 5.97 Å². The van der Waals surface area contributed by atoms with E-state index in [0.717, 1.165) is 24.2 Å². The Morgan fingerprint density at radius 2 is 2.00 bits per heavy atom. The van der Waals surface area contributed by atoms with Crippen LogP contribution in [0.3, 0.4) is 0 Å². The monoisotopic (exact) mass is 333 g/mol. The molecule has 5 heteroatoms. The lowest BCUT2D eigenvalue weighted by molar-refractivity contribution is -0.142. The van der Waals surface area contributed by atoms with Crippen LogP contribution in [0.5, 0.6) is 5.75 Å². The molecule has 0 aromatic heterocycles. The first-order chi connectivity index (χ1) is 11.5. The third kappa shape index (κ3) is 5.55. The van der Waals surface area contributed by atoms with Crippen molar-refractivity contribution in [2.45, 2.75) is 64.5 Å². The van der Waals surface area contributed by atoms with E-state index >= 15 is 0 Å². The van der Waals surface area contributed by atoms with Crippen molar-refractivity contribution in [3.63, 3.8) is 0 Å². The number of amides is 1. The van der Waals surface area contributed by atoms with Crippen molar-refractivity contribution < 1.29 is 19.4 Å². The lowest BCUT2D eigenvalue weighted by atomic mass is 10.0. The van der Waals surface area contributed by atoms with Crippen molar-refractivity contribution in [3.05, 3.63) is 29.8 Å². The number of ether oxygens (including phenoxy) is 1. The molecule has 24 heavy (non-hydrogen) atoms. The average Bonchev–Trinajstić information content (AvgIpc) is 3.05. The first-order valence-electron chi connectivity index (χ1n) is 8.73. The number of hydrogen-bond donors (Lipinski definition) is 2. The van der Waals surface area contributed by atoms with E-state index in [1.165, 1.54) is 12.8 Å². The zero-order chi connectivity index (χ0) is 17.5. The lowest BCUT2D eigenvalue weighted by Crippen LogP contribution is -2.40. The van der Waals surface area contributed by atoms with Gasteiger partial charge in [-0.3, -0.25) is 9.59 Å². The van der Waals surface area contributed by atoms with Gasteiger partial charge in [0.25, 0.3) is 0 Å². The topological polar surface area (TPSA) is 75.6 Å². The molecule has 132 valence electrons. The highest BCUT2D eigenvalue weighted by Crippen LogP contribution is 2.24. The summed E-state index contributed by atoms with van der Waals surface area (Å²) in [5.41, 5.74) is 1.06. The normalized spacial score (nSPS) is 17.2. The molecule has 2 unspecified atom stereocenters. The van der Waals surface area contributed by atoms with Gasteiger partial charge in [0.15, 0.2) is 0 Å². The van der Waals surface area contributed by atoms with Gasteiger partial charge in [-0.2, -0.15) is 0 Å². The second-order valence-corrected chi connectivity index (χ2v) is 6.65. The van der Waals surface area contributed by atoms with Crippen molar-refractivity contribution in [2.24, 2.45) is 5.92 Å². The summed E-state index contributed by atoms with van der Waals surface area (Å²) < 4.78 is 5.98. The molecule has 2 rings (SSSR count). The number of aliphatic carboxylic acids is 1. The van der Waals surface area contributed by atoms with Crippen LogP contribution < -0.4 is 10.1 Å². The van der Waals surface area contributed by atoms with Crippen molar-refractivity contribution in [3.8, 4) is 5.75 Å². The summed E-state index contributed by atoms with van der Waals surface area (Å²) in [6.45, 7) is 3.31. The fourth-order valence-electron chi connectivity index (χ4n) is 2.90. The minimum atomic E-state index is -0.903. The number of hydrogen-bond acceptors (Lipinski definition) is 3. The molecule has 2 N–H and O–H groups in total. The molecular weight excluding hydrogens is 306 g/mol. The van der Waals surface area contributed by atoms with Crippen LogP contribution in [0.4, 0.5) is 0 Å². The predicted octanol–water partition coefficient (Wildman–Crippen LogP) is 3.17. The Labute approximate surface area is 143 Å². The number of carboxylic acids is 1. The fourth-order valence-corrected chi connectivity index (χ4v) is 2.90. The molecule has 1 aliphatic rings. The molecule has 0 aliphatic heterocycles. The largest absolute Gasteiger partial charge is 0.490 e. The Kier molecular flexibility index (Phi) is 6.64. The third-order valence-corrected chi connectivity index (χ3v) is 4.67. The number of carboxylic acid groups (broad SMARTS) is 1. The highest BCUT2D eigenvalue weighted by atomic mass is 16.5. The van der Waals surface area contributed by atoms with Crippen LogP contribution in [0.15, 0.2) is 24.3 Å². The molecule has 0 heterocycles. The van der Waals surface area contributed by atoms with Gasteiger partial charge in [0.1, 0.15) is 5.75 Å². The number of nitrogens with one attached hydrogen (secondary N) is 1. The second-order valence-electron chi connectivity index (χ2n) is 6.65. The van der Waals surface area contributed by atoms with Crippen molar-refractivity contribution >= 4 is 11.9 Å². The minimum Gasteiger partial charge on any atom is -0.490 e. The zero-order valence-electron chi connectivity index (χ0n) is 14.5. The van der Waals surface area contributed by atoms with Crippen LogP contribution in [-0.4, -0.2) is 29.1 Å². The molecule has 0 spiro atoms. The molecule has 1 fully saturated rings. The van der Waals surface area contributed by atoms with E-state index in [-0.39, 0.29) is 11.9 Å². The maximum Gasteiger partial charge on any atom is 0.308 e. The van der Waals surface area contributed by atoms with Gasteiger partial charge in [-0.25, -0.2) is 0 Å². The maximum atomic E-state index is 12.0. The van der Waals surface area contributed by atoms with Gasteiger partial charge < -0.3 is 15.2 Å². The molecule has 1 amide bonds. The maximum absolute atomic E-state index is 12.0. The van der Waals surface area contributed by atoms with E-state index in [4.69, 9.17) is 9.84 Å². The number of carbonyl (C=O) groups excluding carboxylic acids is 1. The van der Waals surface area contributed by atoms with Gasteiger partial charge in [0.05, 0.1) is 12.0 Å². The highest BCUT2D eigenvalue weighted by Gasteiger charge is 2.21. The van der Waals surface area contributed by atoms with Gasteiger partial charge in [-0.05, 0) is 63.6 Å². The first-order valence-corrected chi connectivity index (χ1v) is 8.73. The molecule has 1 aromatic rings. The van der Waals surface area contributed by atoms with E-state index in [0.29, 0.717) is 18.9 Å². The summed E-state index contributed by atoms with van der Waals surface area (Å²) in [6.07, 6.45) is 5.97. The van der Waals surface area contributed by atoms with Crippen LogP contribution in [0.25, 0.3) is 0 Å². The third-order valence-electron chi connectivity index (χ3n) is 4.67. The molecule has 2 atom stereocenters. The Morgan fingerprint density at radius 3 is 2.67 bits per heavy atom. The van der Waals surface area contributed by atoms with Gasteiger partial charge in [-0.15, -0.1) is 0 Å². The van der Waals surface area contributed by atoms with E-state index in [1.54, 1.807) is 13.8 Å². The van der Waals surface area contributed by atoms with Crippen molar-refractivity contribution in [1.29, 1.82) is 0 Å². The van der Waals surface area contributed by atoms with E-state index in [2.05, 4.69) is 5.32 Å². The van der Waals surface area contributed by atoms with Crippen LogP contribution in [0.2, 0.25) is 0 Å². The fraction of sp³-hybridized carbons (Fsp3) is 0.579. The van der Waals surface area contributed by atoms with Gasteiger partial charge in [0.2, 0.25) is 5.91 Å². The smallest absolute Gasteiger partial charge is 0.308 e. The van der Waals surface area contributed by atoms with Gasteiger partial charge in [-0.1, -0.05) is 12.1 Å². The standard InChI is InChI=1S/C19H27NO4/c1-13(19(22)23)14(2)20-18(21)11-10-15-6-5-9-17(12-15)24-16-7-3-4-8-16/h5-6,9,12-14,16H,3-4,7-8,10-11H2,1-2H3,(H,20,21)(H,22,23). The molecule has 1 aliphatic carbocycles. The summed E-state index contributed by atoms with van der Waals surface area (Å²) in [6, 6.07) is 7.50. The molecule has 0 saturated heterocycles. The predicted molar refractivity (Wildman–Crippen MR) is 92.1 cm³/mol. The van der Waals surface area contributed by atoms with Crippen LogP contribution >= 0.6 is 0 Å². The first kappa shape index (κ1) is 18.3. The minimum absolute atomic E-state index is 0.127. The van der Waals surface area contributed by atoms with E-state index < -0.39 is 11.9 Å². The summed E-state index contributed by atoms with van der Waals surface area (Å²) in [4.78, 5) is 22.9. The van der Waals surface area contributed by atoms with Crippen molar-refractivity contribution in [1.82, 2.24) is 5.32 Å². The second kappa shape index (κ2) is 8.71. The molecule has 1 saturated carbocycles. The van der Waals surface area contributed by atoms with Crippen LogP contribution in [0.1, 0.15) is 51.5 Å². The molecule has 0 bridgehead atoms. The Morgan fingerprint density at radius 1 is 1.29 bits per heavy atom. The average molecular weight is 333 g/mol. The lowest BCUT2D eigenvalue weighted by Gasteiger charge is -2.18. The summed E-state index contributed by atoms with van der Waals surface area (Å²) in [5, 5.41) is 11.7. The quantitative estimate of drug-likeness (QED) is 0.766. The highest BCUT2D eigenvalue weighted by molar-refractivity contribution is 5.78.